The van der Waals surface area contributed by atoms with Gasteiger partial charge in [-0.15, -0.1) is 0 Å². The van der Waals surface area contributed by atoms with Gasteiger partial charge < -0.3 is 9.67 Å². The largest absolute Gasteiger partial charge is 0.390 e. The van der Waals surface area contributed by atoms with Gasteiger partial charge in [0, 0.05) is 18.7 Å². The normalized spacial score (nSPS) is 10.8. The summed E-state index contributed by atoms with van der Waals surface area (Å²) >= 11 is 0. The van der Waals surface area contributed by atoms with Crippen molar-refractivity contribution in [2.24, 2.45) is 0 Å². The zero-order valence-corrected chi connectivity index (χ0v) is 8.67. The van der Waals surface area contributed by atoms with E-state index in [1.165, 1.54) is 0 Å². The van der Waals surface area contributed by atoms with Crippen molar-refractivity contribution in [2.75, 3.05) is 0 Å². The Balaban J connectivity index is 3.04. The molecule has 0 saturated carbocycles. The van der Waals surface area contributed by atoms with Crippen LogP contribution in [0.4, 0.5) is 0 Å². The Kier molecular flexibility index (Phi) is 3.48. The molecule has 0 atom stereocenters. The van der Waals surface area contributed by atoms with Crippen LogP contribution in [-0.4, -0.2) is 14.7 Å². The first kappa shape index (κ1) is 10.3. The van der Waals surface area contributed by atoms with Crippen molar-refractivity contribution in [3.8, 4) is 0 Å². The maximum absolute atomic E-state index is 9.04. The van der Waals surface area contributed by atoms with Crippen LogP contribution in [0.5, 0.6) is 0 Å². The molecule has 74 valence electrons. The maximum Gasteiger partial charge on any atom is 0.109 e. The van der Waals surface area contributed by atoms with Gasteiger partial charge in [-0.25, -0.2) is 4.98 Å². The van der Waals surface area contributed by atoms with Crippen LogP contribution in [0.1, 0.15) is 37.5 Å². The summed E-state index contributed by atoms with van der Waals surface area (Å²) in [5.41, 5.74) is 1.93. The van der Waals surface area contributed by atoms with E-state index in [9.17, 15) is 0 Å². The number of hydrogen-bond acceptors (Lipinski definition) is 2. The van der Waals surface area contributed by atoms with Gasteiger partial charge >= 0.3 is 0 Å². The molecule has 13 heavy (non-hydrogen) atoms. The van der Waals surface area contributed by atoms with E-state index >= 15 is 0 Å². The second-order valence-corrected chi connectivity index (χ2v) is 3.21. The highest BCUT2D eigenvalue weighted by atomic mass is 16.3. The number of aliphatic hydroxyl groups excluding tert-OH is 1. The molecular weight excluding hydrogens is 164 g/mol. The minimum Gasteiger partial charge on any atom is -0.390 e. The molecule has 1 rings (SSSR count). The van der Waals surface area contributed by atoms with Gasteiger partial charge in [0.25, 0.3) is 0 Å². The minimum atomic E-state index is 0.0511. The number of aryl methyl sites for hydroxylation is 1. The summed E-state index contributed by atoms with van der Waals surface area (Å²) in [5, 5.41) is 9.04. The standard InChI is InChI=1S/C10H18N2O/c1-4-6-10-11-9(7-13)8(3)12(10)5-2/h13H,4-7H2,1-3H3. The van der Waals surface area contributed by atoms with Gasteiger partial charge in [0.15, 0.2) is 0 Å². The summed E-state index contributed by atoms with van der Waals surface area (Å²) in [6.07, 6.45) is 2.09. The fourth-order valence-corrected chi connectivity index (χ4v) is 1.63. The van der Waals surface area contributed by atoms with E-state index in [4.69, 9.17) is 5.11 Å². The van der Waals surface area contributed by atoms with E-state index in [1.54, 1.807) is 0 Å². The molecule has 3 heteroatoms. The van der Waals surface area contributed by atoms with Crippen molar-refractivity contribution < 1.29 is 5.11 Å². The maximum atomic E-state index is 9.04. The molecule has 0 aliphatic rings. The summed E-state index contributed by atoms with van der Waals surface area (Å²) < 4.78 is 2.18. The third-order valence-corrected chi connectivity index (χ3v) is 2.34. The second-order valence-electron chi connectivity index (χ2n) is 3.21. The Bertz CT molecular complexity index is 279. The van der Waals surface area contributed by atoms with Crippen LogP contribution in [0.15, 0.2) is 0 Å². The number of rotatable bonds is 4. The fraction of sp³-hybridized carbons (Fsp3) is 0.700. The van der Waals surface area contributed by atoms with Crippen LogP contribution in [0.25, 0.3) is 0 Å². The van der Waals surface area contributed by atoms with E-state index in [0.29, 0.717) is 0 Å². The first-order chi connectivity index (χ1) is 6.24. The van der Waals surface area contributed by atoms with Crippen LogP contribution < -0.4 is 0 Å². The van der Waals surface area contributed by atoms with E-state index in [0.717, 1.165) is 36.6 Å². The molecule has 0 aliphatic heterocycles. The number of aliphatic hydroxyl groups is 1. The SMILES string of the molecule is CCCc1nc(CO)c(C)n1CC. The predicted octanol–water partition coefficient (Wildman–Crippen LogP) is 1.66. The highest BCUT2D eigenvalue weighted by molar-refractivity contribution is 5.15. The third kappa shape index (κ3) is 1.91. The second kappa shape index (κ2) is 4.42. The van der Waals surface area contributed by atoms with Crippen LogP contribution in [0, 0.1) is 6.92 Å². The smallest absolute Gasteiger partial charge is 0.109 e. The van der Waals surface area contributed by atoms with Gasteiger partial charge in [-0.3, -0.25) is 0 Å². The molecule has 0 amide bonds. The lowest BCUT2D eigenvalue weighted by molar-refractivity contribution is 0.276. The molecular formula is C10H18N2O. The Morgan fingerprint density at radius 2 is 2.08 bits per heavy atom. The first-order valence-electron chi connectivity index (χ1n) is 4.90. The van der Waals surface area contributed by atoms with Gasteiger partial charge in [-0.05, 0) is 20.3 Å². The van der Waals surface area contributed by atoms with Crippen LogP contribution in [0.2, 0.25) is 0 Å². The molecule has 0 bridgehead atoms. The lowest BCUT2D eigenvalue weighted by Crippen LogP contribution is -2.03. The topological polar surface area (TPSA) is 38.1 Å². The molecule has 1 aromatic rings. The van der Waals surface area contributed by atoms with E-state index in [1.807, 2.05) is 6.92 Å². The predicted molar refractivity (Wildman–Crippen MR) is 52.6 cm³/mol. The monoisotopic (exact) mass is 182 g/mol. The summed E-state index contributed by atoms with van der Waals surface area (Å²) in [6, 6.07) is 0. The summed E-state index contributed by atoms with van der Waals surface area (Å²) in [7, 11) is 0. The van der Waals surface area contributed by atoms with Crippen LogP contribution in [-0.2, 0) is 19.6 Å². The Morgan fingerprint density at radius 3 is 2.54 bits per heavy atom. The molecule has 0 saturated heterocycles. The minimum absolute atomic E-state index is 0.0511. The van der Waals surface area contributed by atoms with Gasteiger partial charge in [0.2, 0.25) is 0 Å². The quantitative estimate of drug-likeness (QED) is 0.769. The Morgan fingerprint density at radius 1 is 1.38 bits per heavy atom. The molecule has 3 nitrogen and oxygen atoms in total. The molecule has 0 aliphatic carbocycles. The zero-order valence-electron chi connectivity index (χ0n) is 8.67. The van der Waals surface area contributed by atoms with E-state index in [-0.39, 0.29) is 6.61 Å². The number of aromatic nitrogens is 2. The van der Waals surface area contributed by atoms with Crippen molar-refractivity contribution in [1.29, 1.82) is 0 Å². The van der Waals surface area contributed by atoms with Crippen LogP contribution >= 0.6 is 0 Å². The van der Waals surface area contributed by atoms with Gasteiger partial charge in [-0.1, -0.05) is 6.92 Å². The summed E-state index contributed by atoms with van der Waals surface area (Å²) in [6.45, 7) is 7.25. The highest BCUT2D eigenvalue weighted by Gasteiger charge is 2.10. The summed E-state index contributed by atoms with van der Waals surface area (Å²) in [4.78, 5) is 4.40. The van der Waals surface area contributed by atoms with Gasteiger partial charge in [0.1, 0.15) is 5.82 Å². The van der Waals surface area contributed by atoms with Crippen molar-refractivity contribution in [3.63, 3.8) is 0 Å². The number of imidazole rings is 1. The molecule has 0 radical (unpaired) electrons. The molecule has 1 heterocycles. The molecule has 0 spiro atoms. The fourth-order valence-electron chi connectivity index (χ4n) is 1.63. The zero-order chi connectivity index (χ0) is 9.84. The van der Waals surface area contributed by atoms with Crippen molar-refractivity contribution >= 4 is 0 Å². The molecule has 0 aromatic carbocycles. The third-order valence-electron chi connectivity index (χ3n) is 2.34. The van der Waals surface area contributed by atoms with Crippen molar-refractivity contribution in [3.05, 3.63) is 17.2 Å². The van der Waals surface area contributed by atoms with Crippen LogP contribution in [0.3, 0.4) is 0 Å². The highest BCUT2D eigenvalue weighted by Crippen LogP contribution is 2.12. The molecule has 1 aromatic heterocycles. The lowest BCUT2D eigenvalue weighted by atomic mass is 10.3. The summed E-state index contributed by atoms with van der Waals surface area (Å²) in [5.74, 6) is 1.10. The average Bonchev–Trinajstić information content (AvgIpc) is 2.43. The van der Waals surface area contributed by atoms with Crippen molar-refractivity contribution in [2.45, 2.75) is 46.8 Å². The average molecular weight is 182 g/mol. The molecule has 0 unspecified atom stereocenters. The molecule has 1 N–H and O–H groups in total. The Hall–Kier alpha value is -0.830. The lowest BCUT2D eigenvalue weighted by Gasteiger charge is -2.05. The number of nitrogens with zero attached hydrogens (tertiary/aromatic N) is 2. The van der Waals surface area contributed by atoms with Gasteiger partial charge in [-0.2, -0.15) is 0 Å². The van der Waals surface area contributed by atoms with E-state index in [2.05, 4.69) is 23.4 Å². The molecule has 0 fully saturated rings. The Labute approximate surface area is 79.4 Å². The first-order valence-corrected chi connectivity index (χ1v) is 4.90. The number of hydrogen-bond donors (Lipinski definition) is 1. The van der Waals surface area contributed by atoms with Crippen molar-refractivity contribution in [1.82, 2.24) is 9.55 Å². The van der Waals surface area contributed by atoms with Gasteiger partial charge in [0.05, 0.1) is 12.3 Å². The van der Waals surface area contributed by atoms with E-state index < -0.39 is 0 Å².